The van der Waals surface area contributed by atoms with E-state index in [9.17, 15) is 13.6 Å². The van der Waals surface area contributed by atoms with Crippen LogP contribution >= 0.6 is 0 Å². The second kappa shape index (κ2) is 10.4. The molecule has 1 aromatic carbocycles. The highest BCUT2D eigenvalue weighted by Gasteiger charge is 2.33. The number of rotatable bonds is 7. The SMILES string of the molecule is CCCCC[C@H]1CC[C@H]([C@H]2CC[C@H](C(=O)Oc3ccc(F)c(F)c3)CC2)CC1. The topological polar surface area (TPSA) is 26.3 Å². The molecule has 156 valence electrons. The quantitative estimate of drug-likeness (QED) is 0.282. The molecular formula is C24H34F2O2. The summed E-state index contributed by atoms with van der Waals surface area (Å²) in [7, 11) is 0. The summed E-state index contributed by atoms with van der Waals surface area (Å²) >= 11 is 0. The third-order valence-corrected chi connectivity index (χ3v) is 6.99. The number of hydrogen-bond acceptors (Lipinski definition) is 2. The monoisotopic (exact) mass is 392 g/mol. The highest BCUT2D eigenvalue weighted by atomic mass is 19.2. The Morgan fingerprint density at radius 1 is 0.929 bits per heavy atom. The van der Waals surface area contributed by atoms with Crippen molar-refractivity contribution in [2.45, 2.75) is 84.0 Å². The molecule has 2 fully saturated rings. The molecule has 2 nitrogen and oxygen atoms in total. The molecule has 0 spiro atoms. The fourth-order valence-electron chi connectivity index (χ4n) is 5.20. The lowest BCUT2D eigenvalue weighted by atomic mass is 9.68. The van der Waals surface area contributed by atoms with Crippen molar-refractivity contribution < 1.29 is 18.3 Å². The molecule has 0 N–H and O–H groups in total. The Morgan fingerprint density at radius 2 is 1.57 bits per heavy atom. The number of unbranched alkanes of at least 4 members (excludes halogenated alkanes) is 2. The van der Waals surface area contributed by atoms with Crippen molar-refractivity contribution in [1.29, 1.82) is 0 Å². The molecule has 1 aromatic rings. The summed E-state index contributed by atoms with van der Waals surface area (Å²) in [6.45, 7) is 2.26. The smallest absolute Gasteiger partial charge is 0.314 e. The number of carbonyl (C=O) groups is 1. The maximum absolute atomic E-state index is 13.3. The van der Waals surface area contributed by atoms with Crippen LogP contribution in [0, 0.1) is 35.3 Å². The lowest BCUT2D eigenvalue weighted by Crippen LogP contribution is -2.30. The van der Waals surface area contributed by atoms with Crippen LogP contribution in [0.4, 0.5) is 8.78 Å². The molecule has 28 heavy (non-hydrogen) atoms. The standard InChI is InChI=1S/C24H34F2O2/c1-2-3-4-5-17-6-8-18(9-7-17)19-10-12-20(13-11-19)24(27)28-21-14-15-22(25)23(26)16-21/h14-20H,2-13H2,1H3/t17-,18-,19-,20-. The zero-order valence-electron chi connectivity index (χ0n) is 17.1. The third-order valence-electron chi connectivity index (χ3n) is 6.99. The van der Waals surface area contributed by atoms with E-state index in [1.807, 2.05) is 0 Å². The van der Waals surface area contributed by atoms with Gasteiger partial charge in [-0.15, -0.1) is 0 Å². The molecule has 0 atom stereocenters. The van der Waals surface area contributed by atoms with Gasteiger partial charge in [-0.05, 0) is 68.4 Å². The third kappa shape index (κ3) is 5.78. The van der Waals surface area contributed by atoms with Gasteiger partial charge in [0.25, 0.3) is 0 Å². The fraction of sp³-hybridized carbons (Fsp3) is 0.708. The maximum Gasteiger partial charge on any atom is 0.314 e. The first-order valence-corrected chi connectivity index (χ1v) is 11.2. The Bertz CT molecular complexity index is 629. The van der Waals surface area contributed by atoms with Gasteiger partial charge in [-0.25, -0.2) is 8.78 Å². The summed E-state index contributed by atoms with van der Waals surface area (Å²) in [6.07, 6.45) is 14.8. The normalized spacial score (nSPS) is 28.1. The second-order valence-corrected chi connectivity index (χ2v) is 8.89. The van der Waals surface area contributed by atoms with E-state index in [-0.39, 0.29) is 17.6 Å². The largest absolute Gasteiger partial charge is 0.426 e. The molecule has 2 aliphatic carbocycles. The van der Waals surface area contributed by atoms with E-state index in [1.54, 1.807) is 0 Å². The van der Waals surface area contributed by atoms with Crippen LogP contribution in [0.25, 0.3) is 0 Å². The first-order valence-electron chi connectivity index (χ1n) is 11.2. The lowest BCUT2D eigenvalue weighted by molar-refractivity contribution is -0.140. The zero-order valence-corrected chi connectivity index (χ0v) is 17.1. The van der Waals surface area contributed by atoms with Gasteiger partial charge in [0.05, 0.1) is 5.92 Å². The molecule has 0 aliphatic heterocycles. The molecule has 0 amide bonds. The lowest BCUT2D eigenvalue weighted by Gasteiger charge is -2.37. The van der Waals surface area contributed by atoms with E-state index in [4.69, 9.17) is 4.74 Å². The van der Waals surface area contributed by atoms with E-state index in [0.717, 1.165) is 55.6 Å². The Hall–Kier alpha value is -1.45. The number of carbonyl (C=O) groups excluding carboxylic acids is 1. The first-order chi connectivity index (χ1) is 13.6. The van der Waals surface area contributed by atoms with Crippen LogP contribution in [0.2, 0.25) is 0 Å². The minimum Gasteiger partial charge on any atom is -0.426 e. The van der Waals surface area contributed by atoms with Gasteiger partial charge in [-0.2, -0.15) is 0 Å². The van der Waals surface area contributed by atoms with Crippen LogP contribution < -0.4 is 4.74 Å². The average Bonchev–Trinajstić information content (AvgIpc) is 2.72. The van der Waals surface area contributed by atoms with Gasteiger partial charge >= 0.3 is 5.97 Å². The molecule has 2 saturated carbocycles. The fourth-order valence-corrected chi connectivity index (χ4v) is 5.20. The van der Waals surface area contributed by atoms with Gasteiger partial charge in [0, 0.05) is 6.07 Å². The van der Waals surface area contributed by atoms with Crippen LogP contribution in [0.5, 0.6) is 5.75 Å². The molecule has 2 aliphatic rings. The predicted octanol–water partition coefficient (Wildman–Crippen LogP) is 7.06. The summed E-state index contributed by atoms with van der Waals surface area (Å²) in [5.41, 5.74) is 0. The van der Waals surface area contributed by atoms with E-state index >= 15 is 0 Å². The molecule has 0 unspecified atom stereocenters. The van der Waals surface area contributed by atoms with E-state index in [1.165, 1.54) is 57.4 Å². The van der Waals surface area contributed by atoms with Crippen LogP contribution in [0.15, 0.2) is 18.2 Å². The molecule has 0 bridgehead atoms. The molecule has 0 saturated heterocycles. The van der Waals surface area contributed by atoms with Crippen molar-refractivity contribution >= 4 is 5.97 Å². The van der Waals surface area contributed by atoms with Crippen molar-refractivity contribution in [2.24, 2.45) is 23.7 Å². The van der Waals surface area contributed by atoms with Gasteiger partial charge in [0.1, 0.15) is 5.75 Å². The summed E-state index contributed by atoms with van der Waals surface area (Å²) in [4.78, 5) is 12.4. The number of halogens is 2. The molecular weight excluding hydrogens is 358 g/mol. The molecule has 0 heterocycles. The number of hydrogen-bond donors (Lipinski definition) is 0. The summed E-state index contributed by atoms with van der Waals surface area (Å²) in [5, 5.41) is 0. The zero-order chi connectivity index (χ0) is 19.9. The van der Waals surface area contributed by atoms with Crippen molar-refractivity contribution in [3.05, 3.63) is 29.8 Å². The molecule has 0 aromatic heterocycles. The maximum atomic E-state index is 13.3. The predicted molar refractivity (Wildman–Crippen MR) is 107 cm³/mol. The Morgan fingerprint density at radius 3 is 2.18 bits per heavy atom. The van der Waals surface area contributed by atoms with Gasteiger partial charge < -0.3 is 4.74 Å². The minimum absolute atomic E-state index is 0.0902. The highest BCUT2D eigenvalue weighted by molar-refractivity contribution is 5.75. The van der Waals surface area contributed by atoms with Gasteiger partial charge in [0.15, 0.2) is 11.6 Å². The first kappa shape index (κ1) is 21.3. The summed E-state index contributed by atoms with van der Waals surface area (Å²) in [6, 6.07) is 3.24. The van der Waals surface area contributed by atoms with Crippen LogP contribution in [-0.4, -0.2) is 5.97 Å². The van der Waals surface area contributed by atoms with E-state index < -0.39 is 11.6 Å². The van der Waals surface area contributed by atoms with E-state index in [0.29, 0.717) is 0 Å². The van der Waals surface area contributed by atoms with Crippen LogP contribution in [0.1, 0.15) is 84.0 Å². The summed E-state index contributed by atoms with van der Waals surface area (Å²) < 4.78 is 31.6. The summed E-state index contributed by atoms with van der Waals surface area (Å²) in [5.74, 6) is 0.255. The van der Waals surface area contributed by atoms with Gasteiger partial charge in [-0.3, -0.25) is 4.79 Å². The Balaban J connectivity index is 1.39. The Kier molecular flexibility index (Phi) is 7.87. The molecule has 3 rings (SSSR count). The van der Waals surface area contributed by atoms with Crippen molar-refractivity contribution in [3.63, 3.8) is 0 Å². The number of esters is 1. The molecule has 4 heteroatoms. The second-order valence-electron chi connectivity index (χ2n) is 8.89. The highest BCUT2D eigenvalue weighted by Crippen LogP contribution is 2.42. The molecule has 0 radical (unpaired) electrons. The average molecular weight is 393 g/mol. The van der Waals surface area contributed by atoms with Crippen molar-refractivity contribution in [1.82, 2.24) is 0 Å². The minimum atomic E-state index is -0.987. The van der Waals surface area contributed by atoms with E-state index in [2.05, 4.69) is 6.92 Å². The van der Waals surface area contributed by atoms with Crippen LogP contribution in [-0.2, 0) is 4.79 Å². The van der Waals surface area contributed by atoms with Crippen molar-refractivity contribution in [3.8, 4) is 5.75 Å². The van der Waals surface area contributed by atoms with Gasteiger partial charge in [-0.1, -0.05) is 45.4 Å². The van der Waals surface area contributed by atoms with Gasteiger partial charge in [0.2, 0.25) is 0 Å². The number of ether oxygens (including phenoxy) is 1. The number of benzene rings is 1. The van der Waals surface area contributed by atoms with Crippen molar-refractivity contribution in [2.75, 3.05) is 0 Å². The van der Waals surface area contributed by atoms with Crippen LogP contribution in [0.3, 0.4) is 0 Å². The Labute approximate surface area is 168 Å².